The first-order valence-electron chi connectivity index (χ1n) is 12.1. The van der Waals surface area contributed by atoms with Crippen LogP contribution in [0.1, 0.15) is 12.2 Å². The van der Waals surface area contributed by atoms with Crippen LogP contribution in [-0.2, 0) is 17.9 Å². The molecule has 222 valence electrons. The molecule has 1 aromatic carbocycles. The smallest absolute Gasteiger partial charge is 0.382 e. The second kappa shape index (κ2) is 10.9. The number of rotatable bonds is 8. The number of alkyl halides is 6. The third-order valence-corrected chi connectivity index (χ3v) is 6.65. The molecule has 11 nitrogen and oxygen atoms in total. The summed E-state index contributed by atoms with van der Waals surface area (Å²) >= 11 is 5.89. The first kappa shape index (κ1) is 29.2. The number of amides is 1. The van der Waals surface area contributed by atoms with Crippen molar-refractivity contribution < 1.29 is 36.2 Å². The van der Waals surface area contributed by atoms with Gasteiger partial charge in [0.15, 0.2) is 23.6 Å². The molecule has 1 aliphatic carbocycles. The molecular formula is C24H19ClF6N8O3. The zero-order valence-electron chi connectivity index (χ0n) is 21.0. The van der Waals surface area contributed by atoms with E-state index in [1.165, 1.54) is 48.9 Å². The summed E-state index contributed by atoms with van der Waals surface area (Å²) in [4.78, 5) is 33.6. The van der Waals surface area contributed by atoms with Crippen LogP contribution in [0.25, 0.3) is 17.2 Å². The van der Waals surface area contributed by atoms with Crippen molar-refractivity contribution in [2.75, 3.05) is 5.32 Å². The van der Waals surface area contributed by atoms with Crippen molar-refractivity contribution >= 4 is 23.2 Å². The maximum Gasteiger partial charge on any atom is 0.416 e. The van der Waals surface area contributed by atoms with Crippen LogP contribution in [0, 0.1) is 11.8 Å². The van der Waals surface area contributed by atoms with Crippen molar-refractivity contribution in [2.45, 2.75) is 38.0 Å². The molecule has 0 saturated heterocycles. The number of nitrogens with one attached hydrogen (secondary N) is 1. The number of pyridine rings is 1. The standard InChI is InChI=1S/C24H19ClF6N8O3/c25-13-5-3-12(4-6-13)19-36-38(22(42)37(19)9-17(40)24(29,30)31)10-18-33-11-39(35-18)20-16(2-1-7-32-20)34-21(41)14-8-15(14)23(26,27)28/h1-7,11,14-15,17,40H,8-10H2,(H,34,41)/t14-,15+,17+/m1/s1. The second-order valence-electron chi connectivity index (χ2n) is 9.40. The molecule has 1 fully saturated rings. The minimum atomic E-state index is -5.00. The van der Waals surface area contributed by atoms with E-state index in [0.717, 1.165) is 9.36 Å². The number of benzene rings is 1. The largest absolute Gasteiger partial charge is 0.416 e. The van der Waals surface area contributed by atoms with Crippen LogP contribution in [0.4, 0.5) is 32.0 Å². The molecule has 5 rings (SSSR count). The zero-order chi connectivity index (χ0) is 30.4. The van der Waals surface area contributed by atoms with Gasteiger partial charge in [0.05, 0.1) is 24.1 Å². The van der Waals surface area contributed by atoms with Gasteiger partial charge in [0.25, 0.3) is 0 Å². The SMILES string of the molecule is O=C(Nc1cccnc1-n1cnc(Cn2nc(-c3ccc(Cl)cc3)n(C[C@H](O)C(F)(F)F)c2=O)n1)[C@@H]1C[C@@H]1C(F)(F)F. The Morgan fingerprint density at radius 2 is 1.81 bits per heavy atom. The summed E-state index contributed by atoms with van der Waals surface area (Å²) in [6, 6.07) is 8.63. The summed E-state index contributed by atoms with van der Waals surface area (Å²) < 4.78 is 80.5. The fourth-order valence-electron chi connectivity index (χ4n) is 4.15. The molecule has 4 aromatic rings. The van der Waals surface area contributed by atoms with E-state index in [1.807, 2.05) is 0 Å². The van der Waals surface area contributed by atoms with E-state index in [2.05, 4.69) is 25.5 Å². The van der Waals surface area contributed by atoms with Crippen molar-refractivity contribution in [3.8, 4) is 17.2 Å². The summed E-state index contributed by atoms with van der Waals surface area (Å²) in [6.07, 6.45) is -10.1. The van der Waals surface area contributed by atoms with Gasteiger partial charge in [0.2, 0.25) is 5.91 Å². The fourth-order valence-corrected chi connectivity index (χ4v) is 4.28. The average Bonchev–Trinajstić information content (AvgIpc) is 3.54. The highest BCUT2D eigenvalue weighted by atomic mass is 35.5. The highest BCUT2D eigenvalue weighted by molar-refractivity contribution is 6.30. The Morgan fingerprint density at radius 3 is 2.45 bits per heavy atom. The second-order valence-corrected chi connectivity index (χ2v) is 9.83. The number of aromatic nitrogens is 7. The normalized spacial score (nSPS) is 17.7. The maximum atomic E-state index is 13.1. The number of halogens is 7. The van der Waals surface area contributed by atoms with Gasteiger partial charge in [-0.1, -0.05) is 11.6 Å². The number of hydrogen-bond acceptors (Lipinski definition) is 7. The van der Waals surface area contributed by atoms with E-state index in [0.29, 0.717) is 9.59 Å². The third kappa shape index (κ3) is 6.15. The van der Waals surface area contributed by atoms with Crippen LogP contribution in [0.15, 0.2) is 53.7 Å². The van der Waals surface area contributed by atoms with Gasteiger partial charge in [-0.3, -0.25) is 9.36 Å². The fraction of sp³-hybridized carbons (Fsp3) is 0.333. The highest BCUT2D eigenvalue weighted by Gasteiger charge is 2.58. The Hall–Kier alpha value is -4.25. The van der Waals surface area contributed by atoms with E-state index in [4.69, 9.17) is 11.6 Å². The predicted molar refractivity (Wildman–Crippen MR) is 134 cm³/mol. The molecule has 3 heterocycles. The molecule has 0 radical (unpaired) electrons. The van der Waals surface area contributed by atoms with Crippen molar-refractivity contribution in [3.05, 3.63) is 70.3 Å². The van der Waals surface area contributed by atoms with E-state index in [1.54, 1.807) is 0 Å². The van der Waals surface area contributed by atoms with E-state index in [-0.39, 0.29) is 35.1 Å². The molecule has 2 N–H and O–H groups in total. The number of anilines is 1. The Morgan fingerprint density at radius 1 is 1.10 bits per heavy atom. The lowest BCUT2D eigenvalue weighted by molar-refractivity contribution is -0.207. The monoisotopic (exact) mass is 616 g/mol. The molecule has 18 heteroatoms. The van der Waals surface area contributed by atoms with Gasteiger partial charge in [-0.15, -0.1) is 10.2 Å². The van der Waals surface area contributed by atoms with Gasteiger partial charge >= 0.3 is 18.0 Å². The minimum absolute atomic E-state index is 0.0156. The van der Waals surface area contributed by atoms with E-state index < -0.39 is 55.0 Å². The quantitative estimate of drug-likeness (QED) is 0.290. The molecular weight excluding hydrogens is 598 g/mol. The first-order valence-corrected chi connectivity index (χ1v) is 12.5. The number of carbonyl (C=O) groups excluding carboxylic acids is 1. The van der Waals surface area contributed by atoms with Gasteiger partial charge in [-0.05, 0) is 42.8 Å². The van der Waals surface area contributed by atoms with Crippen LogP contribution in [0.3, 0.4) is 0 Å². The zero-order valence-corrected chi connectivity index (χ0v) is 21.8. The Kier molecular flexibility index (Phi) is 7.57. The summed E-state index contributed by atoms with van der Waals surface area (Å²) in [7, 11) is 0. The lowest BCUT2D eigenvalue weighted by atomic mass is 10.2. The van der Waals surface area contributed by atoms with Gasteiger partial charge in [0, 0.05) is 16.8 Å². The Labute approximate surface area is 236 Å². The van der Waals surface area contributed by atoms with Crippen molar-refractivity contribution in [1.82, 2.24) is 34.1 Å². The molecule has 0 spiro atoms. The van der Waals surface area contributed by atoms with Crippen LogP contribution in [0.2, 0.25) is 5.02 Å². The summed E-state index contributed by atoms with van der Waals surface area (Å²) in [6.45, 7) is -1.54. The third-order valence-electron chi connectivity index (χ3n) is 6.40. The molecule has 0 unspecified atom stereocenters. The summed E-state index contributed by atoms with van der Waals surface area (Å²) in [5.41, 5.74) is -0.686. The number of aliphatic hydroxyl groups is 1. The van der Waals surface area contributed by atoms with Crippen LogP contribution in [0.5, 0.6) is 0 Å². The highest BCUT2D eigenvalue weighted by Crippen LogP contribution is 2.50. The van der Waals surface area contributed by atoms with Crippen LogP contribution < -0.4 is 11.0 Å². The van der Waals surface area contributed by atoms with Crippen LogP contribution >= 0.6 is 11.6 Å². The number of nitrogens with zero attached hydrogens (tertiary/aromatic N) is 7. The predicted octanol–water partition coefficient (Wildman–Crippen LogP) is 3.45. The lowest BCUT2D eigenvalue weighted by Crippen LogP contribution is -2.37. The average molecular weight is 617 g/mol. The molecule has 3 atom stereocenters. The summed E-state index contributed by atoms with van der Waals surface area (Å²) in [5, 5.41) is 20.7. The van der Waals surface area contributed by atoms with Gasteiger partial charge < -0.3 is 10.4 Å². The van der Waals surface area contributed by atoms with Crippen LogP contribution in [-0.4, -0.2) is 63.6 Å². The molecule has 0 bridgehead atoms. The molecule has 1 amide bonds. The van der Waals surface area contributed by atoms with Crippen molar-refractivity contribution in [1.29, 1.82) is 0 Å². The summed E-state index contributed by atoms with van der Waals surface area (Å²) in [5.74, 6) is -3.98. The van der Waals surface area contributed by atoms with E-state index in [9.17, 15) is 41.0 Å². The Balaban J connectivity index is 1.40. The number of aliphatic hydroxyl groups excluding tert-OH is 1. The first-order chi connectivity index (χ1) is 19.7. The maximum absolute atomic E-state index is 13.1. The molecule has 1 saturated carbocycles. The van der Waals surface area contributed by atoms with Gasteiger partial charge in [0.1, 0.15) is 12.9 Å². The Bertz CT molecular complexity index is 1660. The number of carbonyl (C=O) groups is 1. The molecule has 42 heavy (non-hydrogen) atoms. The molecule has 0 aliphatic heterocycles. The number of hydrogen-bond donors (Lipinski definition) is 2. The minimum Gasteiger partial charge on any atom is -0.382 e. The van der Waals surface area contributed by atoms with Crippen molar-refractivity contribution in [2.24, 2.45) is 11.8 Å². The van der Waals surface area contributed by atoms with Crippen molar-refractivity contribution in [3.63, 3.8) is 0 Å². The van der Waals surface area contributed by atoms with Gasteiger partial charge in [-0.2, -0.15) is 26.3 Å². The lowest BCUT2D eigenvalue weighted by Gasteiger charge is -2.15. The molecule has 1 aliphatic rings. The van der Waals surface area contributed by atoms with Gasteiger partial charge in [-0.25, -0.2) is 24.1 Å². The molecule has 3 aromatic heterocycles. The topological polar surface area (TPSA) is 133 Å². The van der Waals surface area contributed by atoms with E-state index >= 15 is 0 Å².